The molecule has 2 aromatic rings. The van der Waals surface area contributed by atoms with Crippen molar-refractivity contribution in [1.82, 2.24) is 19.2 Å². The number of nitrogens with zero attached hydrogens (tertiary/aromatic N) is 4. The van der Waals surface area contributed by atoms with Crippen molar-refractivity contribution in [3.05, 3.63) is 46.2 Å². The number of benzene rings is 1. The molecule has 3 rings (SSSR count). The molecule has 1 aliphatic heterocycles. The molecule has 0 amide bonds. The standard InChI is InChI=1S/C16H21FN4O2S2/c1-19(9-12-4-3-5-14(17)8-12)11-21-16(24)20(2)15(18-21)13-6-7-25(22,23)10-13/h3-5,8,13H,6-7,9-11H2,1-2H3/t13-/m0/s1. The maximum Gasteiger partial charge on any atom is 0.198 e. The average molecular weight is 385 g/mol. The fourth-order valence-corrected chi connectivity index (χ4v) is 5.11. The van der Waals surface area contributed by atoms with Crippen LogP contribution in [-0.4, -0.2) is 46.2 Å². The van der Waals surface area contributed by atoms with E-state index in [9.17, 15) is 12.8 Å². The summed E-state index contributed by atoms with van der Waals surface area (Å²) in [6.45, 7) is 1.01. The largest absolute Gasteiger partial charge is 0.307 e. The summed E-state index contributed by atoms with van der Waals surface area (Å²) in [7, 11) is 0.748. The van der Waals surface area contributed by atoms with E-state index in [-0.39, 0.29) is 23.2 Å². The number of hydrogen-bond donors (Lipinski definition) is 0. The van der Waals surface area contributed by atoms with Crippen molar-refractivity contribution in [2.45, 2.75) is 25.6 Å². The van der Waals surface area contributed by atoms with E-state index in [1.165, 1.54) is 12.1 Å². The van der Waals surface area contributed by atoms with Crippen LogP contribution in [-0.2, 0) is 30.1 Å². The van der Waals surface area contributed by atoms with Gasteiger partial charge in [0.1, 0.15) is 11.6 Å². The second-order valence-electron chi connectivity index (χ2n) is 6.58. The monoisotopic (exact) mass is 384 g/mol. The molecule has 0 bridgehead atoms. The third kappa shape index (κ3) is 4.16. The van der Waals surface area contributed by atoms with Gasteiger partial charge in [0.15, 0.2) is 14.6 Å². The zero-order valence-corrected chi connectivity index (χ0v) is 15.9. The summed E-state index contributed by atoms with van der Waals surface area (Å²) in [4.78, 5) is 1.98. The lowest BCUT2D eigenvalue weighted by Gasteiger charge is -2.16. The van der Waals surface area contributed by atoms with Crippen LogP contribution >= 0.6 is 12.2 Å². The summed E-state index contributed by atoms with van der Waals surface area (Å²) in [5.74, 6) is 0.685. The maximum absolute atomic E-state index is 13.3. The van der Waals surface area contributed by atoms with Gasteiger partial charge in [0.25, 0.3) is 0 Å². The van der Waals surface area contributed by atoms with Crippen molar-refractivity contribution < 1.29 is 12.8 Å². The first-order chi connectivity index (χ1) is 11.7. The smallest absolute Gasteiger partial charge is 0.198 e. The summed E-state index contributed by atoms with van der Waals surface area (Å²) in [5, 5.41) is 4.55. The molecule has 1 aromatic carbocycles. The molecule has 1 atom stereocenters. The molecule has 1 saturated heterocycles. The number of halogens is 1. The Bertz CT molecular complexity index is 936. The quantitative estimate of drug-likeness (QED) is 0.739. The van der Waals surface area contributed by atoms with Crippen molar-refractivity contribution in [2.24, 2.45) is 7.05 Å². The fourth-order valence-electron chi connectivity index (χ4n) is 3.18. The van der Waals surface area contributed by atoms with Crippen LogP contribution in [0.2, 0.25) is 0 Å². The Kier molecular flexibility index (Phi) is 5.08. The SMILES string of the molecule is CN(Cc1cccc(F)c1)Cn1nc([C@H]2CCS(=O)(=O)C2)n(C)c1=S. The molecule has 0 aliphatic carbocycles. The van der Waals surface area contributed by atoms with E-state index >= 15 is 0 Å². The van der Waals surface area contributed by atoms with Gasteiger partial charge in [-0.1, -0.05) is 12.1 Å². The summed E-state index contributed by atoms with van der Waals surface area (Å²) >= 11 is 5.44. The lowest BCUT2D eigenvalue weighted by Crippen LogP contribution is -2.22. The van der Waals surface area contributed by atoms with Crippen molar-refractivity contribution in [3.8, 4) is 0 Å². The third-order valence-corrected chi connectivity index (χ3v) is 6.64. The normalized spacial score (nSPS) is 19.6. The first kappa shape index (κ1) is 18.2. The molecule has 0 saturated carbocycles. The van der Waals surface area contributed by atoms with E-state index in [1.54, 1.807) is 15.3 Å². The summed E-state index contributed by atoms with van der Waals surface area (Å²) in [6.07, 6.45) is 0.584. The predicted molar refractivity (Wildman–Crippen MR) is 95.9 cm³/mol. The topological polar surface area (TPSA) is 60.1 Å². The van der Waals surface area contributed by atoms with Crippen LogP contribution in [0.25, 0.3) is 0 Å². The molecule has 0 spiro atoms. The third-order valence-electron chi connectivity index (χ3n) is 4.39. The van der Waals surface area contributed by atoms with Gasteiger partial charge in [-0.05, 0) is 43.4 Å². The van der Waals surface area contributed by atoms with E-state index in [0.717, 1.165) is 5.56 Å². The number of hydrogen-bond acceptors (Lipinski definition) is 5. The van der Waals surface area contributed by atoms with Crippen LogP contribution in [0.1, 0.15) is 23.7 Å². The Balaban J connectivity index is 1.75. The summed E-state index contributed by atoms with van der Waals surface area (Å²) < 4.78 is 40.8. The predicted octanol–water partition coefficient (Wildman–Crippen LogP) is 2.08. The highest BCUT2D eigenvalue weighted by molar-refractivity contribution is 7.91. The molecule has 1 fully saturated rings. The van der Waals surface area contributed by atoms with Gasteiger partial charge in [0, 0.05) is 19.5 Å². The first-order valence-electron chi connectivity index (χ1n) is 8.02. The maximum atomic E-state index is 13.3. The molecule has 2 heterocycles. The molecule has 9 heteroatoms. The van der Waals surface area contributed by atoms with Crippen LogP contribution in [0.15, 0.2) is 24.3 Å². The molecule has 0 radical (unpaired) electrons. The van der Waals surface area contributed by atoms with Gasteiger partial charge < -0.3 is 4.57 Å². The minimum Gasteiger partial charge on any atom is -0.307 e. The number of sulfone groups is 1. The van der Waals surface area contributed by atoms with Gasteiger partial charge in [-0.15, -0.1) is 0 Å². The highest BCUT2D eigenvalue weighted by Gasteiger charge is 2.32. The van der Waals surface area contributed by atoms with Gasteiger partial charge in [-0.25, -0.2) is 17.5 Å². The van der Waals surface area contributed by atoms with Gasteiger partial charge >= 0.3 is 0 Å². The fraction of sp³-hybridized carbons (Fsp3) is 0.500. The average Bonchev–Trinajstić information content (AvgIpc) is 3.01. The summed E-state index contributed by atoms with van der Waals surface area (Å²) in [5.41, 5.74) is 0.868. The van der Waals surface area contributed by atoms with Crippen LogP contribution in [0.5, 0.6) is 0 Å². The number of aromatic nitrogens is 3. The van der Waals surface area contributed by atoms with Crippen LogP contribution < -0.4 is 0 Å². The van der Waals surface area contributed by atoms with Crippen LogP contribution in [0.4, 0.5) is 4.39 Å². The van der Waals surface area contributed by atoms with E-state index in [2.05, 4.69) is 5.10 Å². The Morgan fingerprint density at radius 1 is 1.44 bits per heavy atom. The molecule has 1 aromatic heterocycles. The van der Waals surface area contributed by atoms with Gasteiger partial charge in [0.05, 0.1) is 18.2 Å². The Hall–Kier alpha value is -1.58. The summed E-state index contributed by atoms with van der Waals surface area (Å²) in [6, 6.07) is 6.47. The van der Waals surface area contributed by atoms with Crippen molar-refractivity contribution in [1.29, 1.82) is 0 Å². The van der Waals surface area contributed by atoms with Crippen LogP contribution in [0, 0.1) is 10.6 Å². The number of rotatable bonds is 5. The van der Waals surface area contributed by atoms with E-state index in [1.807, 2.05) is 25.1 Å². The van der Waals surface area contributed by atoms with Gasteiger partial charge in [0.2, 0.25) is 0 Å². The lowest BCUT2D eigenvalue weighted by molar-refractivity contribution is 0.243. The van der Waals surface area contributed by atoms with Crippen LogP contribution in [0.3, 0.4) is 0 Å². The minimum atomic E-state index is -2.97. The molecule has 0 N–H and O–H groups in total. The molecule has 6 nitrogen and oxygen atoms in total. The zero-order valence-electron chi connectivity index (χ0n) is 14.2. The Labute approximate surface area is 151 Å². The highest BCUT2D eigenvalue weighted by atomic mass is 32.2. The van der Waals surface area contributed by atoms with E-state index in [0.29, 0.717) is 30.2 Å². The zero-order chi connectivity index (χ0) is 18.2. The molecular formula is C16H21FN4O2S2. The lowest BCUT2D eigenvalue weighted by atomic mass is 10.1. The van der Waals surface area contributed by atoms with E-state index in [4.69, 9.17) is 12.2 Å². The molecule has 136 valence electrons. The Morgan fingerprint density at radius 3 is 2.84 bits per heavy atom. The Morgan fingerprint density at radius 2 is 2.20 bits per heavy atom. The molecule has 0 unspecified atom stereocenters. The van der Waals surface area contributed by atoms with Crippen molar-refractivity contribution in [3.63, 3.8) is 0 Å². The minimum absolute atomic E-state index is 0.105. The second kappa shape index (κ2) is 6.97. The van der Waals surface area contributed by atoms with Gasteiger partial charge in [-0.3, -0.25) is 4.90 Å². The molecular weight excluding hydrogens is 363 g/mol. The van der Waals surface area contributed by atoms with Crippen molar-refractivity contribution in [2.75, 3.05) is 18.6 Å². The highest BCUT2D eigenvalue weighted by Crippen LogP contribution is 2.27. The van der Waals surface area contributed by atoms with Crippen molar-refractivity contribution >= 4 is 22.1 Å². The first-order valence-corrected chi connectivity index (χ1v) is 10.3. The molecule has 1 aliphatic rings. The van der Waals surface area contributed by atoms with E-state index < -0.39 is 9.84 Å². The second-order valence-corrected chi connectivity index (χ2v) is 9.18. The van der Waals surface area contributed by atoms with Gasteiger partial charge in [-0.2, -0.15) is 5.10 Å². The molecule has 25 heavy (non-hydrogen) atoms.